The Balaban J connectivity index is 1.84. The summed E-state index contributed by atoms with van der Waals surface area (Å²) in [6.45, 7) is 3.13. The molecular formula is C13H16N2O2S. The molecule has 0 aromatic carbocycles. The fourth-order valence-electron chi connectivity index (χ4n) is 2.84. The third-order valence-electron chi connectivity index (χ3n) is 3.86. The molecule has 0 bridgehead atoms. The first-order valence-electron chi connectivity index (χ1n) is 6.30. The number of thiophene rings is 1. The summed E-state index contributed by atoms with van der Waals surface area (Å²) >= 11 is 1.62. The van der Waals surface area contributed by atoms with E-state index in [4.69, 9.17) is 0 Å². The molecule has 0 radical (unpaired) electrons. The zero-order valence-electron chi connectivity index (χ0n) is 10.3. The number of hydrogen-bond donors (Lipinski definition) is 0. The quantitative estimate of drug-likeness (QED) is 0.811. The summed E-state index contributed by atoms with van der Waals surface area (Å²) in [7, 11) is 0. The molecule has 2 saturated heterocycles. The first-order chi connectivity index (χ1) is 8.68. The summed E-state index contributed by atoms with van der Waals surface area (Å²) in [5.74, 6) is 0.220. The molecule has 18 heavy (non-hydrogen) atoms. The standard InChI is InChI=1S/C13H16N2O2S/c1-9-12(16)14-5-2-3-11(14)13(17)15(9)7-10-4-6-18-8-10/h4,6,8-9,11H,2-3,5,7H2,1H3. The van der Waals surface area contributed by atoms with Crippen LogP contribution in [0.25, 0.3) is 0 Å². The number of piperazine rings is 1. The van der Waals surface area contributed by atoms with Gasteiger partial charge in [0.25, 0.3) is 0 Å². The van der Waals surface area contributed by atoms with Crippen LogP contribution in [0.4, 0.5) is 0 Å². The van der Waals surface area contributed by atoms with Crippen molar-refractivity contribution in [2.75, 3.05) is 6.54 Å². The minimum absolute atomic E-state index is 0.104. The molecule has 96 valence electrons. The average molecular weight is 264 g/mol. The third-order valence-corrected chi connectivity index (χ3v) is 4.59. The molecule has 2 unspecified atom stereocenters. The Morgan fingerprint density at radius 2 is 2.22 bits per heavy atom. The molecule has 0 saturated carbocycles. The van der Waals surface area contributed by atoms with Crippen LogP contribution in [0.2, 0.25) is 0 Å². The first kappa shape index (κ1) is 11.7. The van der Waals surface area contributed by atoms with Crippen LogP contribution in [0.5, 0.6) is 0 Å². The smallest absolute Gasteiger partial charge is 0.246 e. The van der Waals surface area contributed by atoms with E-state index in [0.29, 0.717) is 6.54 Å². The fraction of sp³-hybridized carbons (Fsp3) is 0.538. The zero-order chi connectivity index (χ0) is 12.7. The highest BCUT2D eigenvalue weighted by molar-refractivity contribution is 7.07. The largest absolute Gasteiger partial charge is 0.329 e. The van der Waals surface area contributed by atoms with E-state index in [2.05, 4.69) is 0 Å². The second kappa shape index (κ2) is 4.39. The third kappa shape index (κ3) is 1.73. The molecule has 0 spiro atoms. The van der Waals surface area contributed by atoms with Crippen LogP contribution in [-0.4, -0.2) is 40.2 Å². The second-order valence-corrected chi connectivity index (χ2v) is 5.74. The maximum atomic E-state index is 12.4. The Labute approximate surface area is 110 Å². The van der Waals surface area contributed by atoms with Gasteiger partial charge in [0.1, 0.15) is 12.1 Å². The van der Waals surface area contributed by atoms with Crippen molar-refractivity contribution >= 4 is 23.2 Å². The van der Waals surface area contributed by atoms with Gasteiger partial charge in [-0.25, -0.2) is 0 Å². The van der Waals surface area contributed by atoms with Crippen molar-refractivity contribution in [2.45, 2.75) is 38.4 Å². The molecule has 0 aliphatic carbocycles. The van der Waals surface area contributed by atoms with Crippen LogP contribution in [-0.2, 0) is 16.1 Å². The maximum Gasteiger partial charge on any atom is 0.246 e. The Kier molecular flexibility index (Phi) is 2.86. The van der Waals surface area contributed by atoms with E-state index in [1.54, 1.807) is 21.1 Å². The number of nitrogens with zero attached hydrogens (tertiary/aromatic N) is 2. The maximum absolute atomic E-state index is 12.4. The van der Waals surface area contributed by atoms with E-state index in [9.17, 15) is 9.59 Å². The van der Waals surface area contributed by atoms with Crippen molar-refractivity contribution in [3.8, 4) is 0 Å². The number of rotatable bonds is 2. The summed E-state index contributed by atoms with van der Waals surface area (Å²) in [5, 5.41) is 4.03. The van der Waals surface area contributed by atoms with Gasteiger partial charge in [-0.15, -0.1) is 0 Å². The average Bonchev–Trinajstić information content (AvgIpc) is 3.02. The number of carbonyl (C=O) groups excluding carboxylic acids is 2. The summed E-state index contributed by atoms with van der Waals surface area (Å²) in [4.78, 5) is 28.1. The summed E-state index contributed by atoms with van der Waals surface area (Å²) in [5.41, 5.74) is 1.11. The lowest BCUT2D eigenvalue weighted by atomic mass is 10.1. The highest BCUT2D eigenvalue weighted by Crippen LogP contribution is 2.28. The van der Waals surface area contributed by atoms with E-state index in [0.717, 1.165) is 24.9 Å². The van der Waals surface area contributed by atoms with Crippen LogP contribution in [0.1, 0.15) is 25.3 Å². The van der Waals surface area contributed by atoms with Crippen molar-refractivity contribution in [3.63, 3.8) is 0 Å². The number of amides is 2. The van der Waals surface area contributed by atoms with E-state index >= 15 is 0 Å². The van der Waals surface area contributed by atoms with Crippen molar-refractivity contribution in [1.29, 1.82) is 0 Å². The molecule has 4 nitrogen and oxygen atoms in total. The second-order valence-electron chi connectivity index (χ2n) is 4.96. The lowest BCUT2D eigenvalue weighted by Gasteiger charge is -2.40. The molecule has 1 aromatic rings. The topological polar surface area (TPSA) is 40.6 Å². The van der Waals surface area contributed by atoms with Gasteiger partial charge in [0.05, 0.1) is 0 Å². The van der Waals surface area contributed by atoms with Gasteiger partial charge >= 0.3 is 0 Å². The molecule has 2 aliphatic rings. The summed E-state index contributed by atoms with van der Waals surface area (Å²) in [6, 6.07) is 1.48. The monoisotopic (exact) mass is 264 g/mol. The van der Waals surface area contributed by atoms with Gasteiger partial charge < -0.3 is 9.80 Å². The van der Waals surface area contributed by atoms with Crippen molar-refractivity contribution in [2.24, 2.45) is 0 Å². The molecule has 2 atom stereocenters. The Bertz CT molecular complexity index is 471. The Morgan fingerprint density at radius 3 is 2.94 bits per heavy atom. The molecule has 1 aromatic heterocycles. The Hall–Kier alpha value is -1.36. The molecule has 3 rings (SSSR count). The van der Waals surface area contributed by atoms with Crippen LogP contribution in [0.3, 0.4) is 0 Å². The van der Waals surface area contributed by atoms with E-state index in [1.165, 1.54) is 0 Å². The predicted octanol–water partition coefficient (Wildman–Crippen LogP) is 1.47. The van der Waals surface area contributed by atoms with Crippen molar-refractivity contribution in [1.82, 2.24) is 9.80 Å². The minimum Gasteiger partial charge on any atom is -0.329 e. The minimum atomic E-state index is -0.327. The van der Waals surface area contributed by atoms with Crippen LogP contribution in [0.15, 0.2) is 16.8 Å². The SMILES string of the molecule is CC1C(=O)N2CCCC2C(=O)N1Cc1ccsc1. The van der Waals surface area contributed by atoms with Crippen LogP contribution >= 0.6 is 11.3 Å². The van der Waals surface area contributed by atoms with Gasteiger partial charge in [0, 0.05) is 13.1 Å². The van der Waals surface area contributed by atoms with Crippen molar-refractivity contribution in [3.05, 3.63) is 22.4 Å². The van der Waals surface area contributed by atoms with Gasteiger partial charge in [0.2, 0.25) is 11.8 Å². The molecule has 0 N–H and O–H groups in total. The predicted molar refractivity (Wildman–Crippen MR) is 69.1 cm³/mol. The van der Waals surface area contributed by atoms with Gasteiger partial charge in [-0.05, 0) is 42.2 Å². The summed E-state index contributed by atoms with van der Waals surface area (Å²) in [6.07, 6.45) is 1.76. The molecule has 2 amide bonds. The first-order valence-corrected chi connectivity index (χ1v) is 7.25. The lowest BCUT2D eigenvalue weighted by Crippen LogP contribution is -2.61. The number of fused-ring (bicyclic) bond motifs is 1. The Morgan fingerprint density at radius 1 is 1.39 bits per heavy atom. The van der Waals surface area contributed by atoms with Gasteiger partial charge in [-0.2, -0.15) is 11.3 Å². The number of hydrogen-bond acceptors (Lipinski definition) is 3. The van der Waals surface area contributed by atoms with Crippen LogP contribution in [0, 0.1) is 0 Å². The van der Waals surface area contributed by atoms with E-state index in [1.807, 2.05) is 23.8 Å². The summed E-state index contributed by atoms with van der Waals surface area (Å²) < 4.78 is 0. The van der Waals surface area contributed by atoms with Gasteiger partial charge in [0.15, 0.2) is 0 Å². The van der Waals surface area contributed by atoms with E-state index < -0.39 is 0 Å². The van der Waals surface area contributed by atoms with Crippen molar-refractivity contribution < 1.29 is 9.59 Å². The van der Waals surface area contributed by atoms with Gasteiger partial charge in [-0.1, -0.05) is 0 Å². The molecule has 3 heterocycles. The highest BCUT2D eigenvalue weighted by atomic mass is 32.1. The molecule has 2 fully saturated rings. The van der Waals surface area contributed by atoms with Crippen LogP contribution < -0.4 is 0 Å². The molecule has 2 aliphatic heterocycles. The zero-order valence-corrected chi connectivity index (χ0v) is 11.2. The highest BCUT2D eigenvalue weighted by Gasteiger charge is 2.45. The fourth-order valence-corrected chi connectivity index (χ4v) is 3.50. The number of carbonyl (C=O) groups is 2. The molecular weight excluding hydrogens is 248 g/mol. The lowest BCUT2D eigenvalue weighted by molar-refractivity contribution is -0.159. The normalized spacial score (nSPS) is 27.8. The van der Waals surface area contributed by atoms with Gasteiger partial charge in [-0.3, -0.25) is 9.59 Å². The van der Waals surface area contributed by atoms with E-state index in [-0.39, 0.29) is 23.9 Å². The molecule has 5 heteroatoms.